The van der Waals surface area contributed by atoms with Crippen LogP contribution in [-0.2, 0) is 9.84 Å². The molecule has 3 atom stereocenters. The van der Waals surface area contributed by atoms with E-state index in [4.69, 9.17) is 10.2 Å². The molecule has 2 N–H and O–H groups in total. The Bertz CT molecular complexity index is 562. The van der Waals surface area contributed by atoms with E-state index in [1.54, 1.807) is 0 Å². The van der Waals surface area contributed by atoms with Gasteiger partial charge in [0.25, 0.3) is 0 Å². The van der Waals surface area contributed by atoms with Crippen molar-refractivity contribution in [2.45, 2.75) is 143 Å². The Kier molecular flexibility index (Phi) is 13.5. The quantitative estimate of drug-likeness (QED) is 0.224. The lowest BCUT2D eigenvalue weighted by Gasteiger charge is -2.23. The lowest BCUT2D eigenvalue weighted by Crippen LogP contribution is -2.32. The Hall–Kier alpha value is 0.220. The van der Waals surface area contributed by atoms with Crippen LogP contribution in [0.15, 0.2) is 0 Å². The molecule has 0 radical (unpaired) electrons. The number of rotatable bonds is 18. The van der Waals surface area contributed by atoms with Gasteiger partial charge in [-0.25, -0.2) is 8.42 Å². The molecular weight excluding hydrogens is 428 g/mol. The molecule has 0 bridgehead atoms. The molecule has 0 saturated carbocycles. The third kappa shape index (κ3) is 8.83. The highest BCUT2D eigenvalue weighted by atomic mass is 32.3. The van der Waals surface area contributed by atoms with Crippen LogP contribution in [0.25, 0.3) is 0 Å². The highest BCUT2D eigenvalue weighted by Gasteiger charge is 2.56. The minimum Gasteiger partial charge on any atom is -0.396 e. The molecule has 2 aliphatic heterocycles. The highest BCUT2D eigenvalue weighted by molar-refractivity contribution is 8.15. The lowest BCUT2D eigenvalue weighted by atomic mass is 10.0. The van der Waals surface area contributed by atoms with Crippen molar-refractivity contribution in [2.75, 3.05) is 13.2 Å². The van der Waals surface area contributed by atoms with E-state index in [1.807, 2.05) is 11.8 Å². The van der Waals surface area contributed by atoms with Crippen molar-refractivity contribution in [1.29, 1.82) is 0 Å². The van der Waals surface area contributed by atoms with Crippen LogP contribution in [0.5, 0.6) is 0 Å². The Morgan fingerprint density at radius 2 is 1.10 bits per heavy atom. The summed E-state index contributed by atoms with van der Waals surface area (Å²) >= 11 is 1.82. The van der Waals surface area contributed by atoms with Gasteiger partial charge in [-0.1, -0.05) is 77.0 Å². The summed E-state index contributed by atoms with van der Waals surface area (Å²) in [5.41, 5.74) is 0. The van der Waals surface area contributed by atoms with Crippen LogP contribution in [0, 0.1) is 0 Å². The minimum atomic E-state index is -3.00. The van der Waals surface area contributed by atoms with Gasteiger partial charge >= 0.3 is 0 Å². The Morgan fingerprint density at radius 1 is 0.645 bits per heavy atom. The topological polar surface area (TPSA) is 74.6 Å². The van der Waals surface area contributed by atoms with Gasteiger partial charge in [-0.05, 0) is 51.4 Å². The first-order valence-corrected chi connectivity index (χ1v) is 15.6. The Morgan fingerprint density at radius 3 is 1.65 bits per heavy atom. The van der Waals surface area contributed by atoms with Crippen LogP contribution in [-0.4, -0.2) is 46.4 Å². The summed E-state index contributed by atoms with van der Waals surface area (Å²) in [6.45, 7) is 0.614. The van der Waals surface area contributed by atoms with Crippen molar-refractivity contribution in [3.8, 4) is 0 Å². The standard InChI is InChI=1S/C25H48O4S2/c26-21-13-9-5-1-3-7-11-15-23-17-19-25(30-23)20-18-24(31(25,28)29)16-12-8-4-2-6-10-14-22-27/h23-24,26-27H,1-22H2. The van der Waals surface area contributed by atoms with Crippen LogP contribution < -0.4 is 0 Å². The Labute approximate surface area is 196 Å². The molecule has 6 heteroatoms. The first kappa shape index (κ1) is 27.5. The summed E-state index contributed by atoms with van der Waals surface area (Å²) in [6, 6.07) is 0. The fourth-order valence-electron chi connectivity index (χ4n) is 5.42. The van der Waals surface area contributed by atoms with Gasteiger partial charge in [-0.15, -0.1) is 11.8 Å². The minimum absolute atomic E-state index is 0.0907. The van der Waals surface area contributed by atoms with Crippen LogP contribution in [0.3, 0.4) is 0 Å². The van der Waals surface area contributed by atoms with Crippen LogP contribution in [0.1, 0.15) is 128 Å². The molecule has 31 heavy (non-hydrogen) atoms. The smallest absolute Gasteiger partial charge is 0.168 e. The molecule has 0 amide bonds. The van der Waals surface area contributed by atoms with Crippen molar-refractivity contribution in [3.05, 3.63) is 0 Å². The van der Waals surface area contributed by atoms with Gasteiger partial charge in [0.2, 0.25) is 0 Å². The molecule has 2 heterocycles. The van der Waals surface area contributed by atoms with Crippen molar-refractivity contribution < 1.29 is 18.6 Å². The molecule has 0 aromatic rings. The van der Waals surface area contributed by atoms with Crippen molar-refractivity contribution in [3.63, 3.8) is 0 Å². The third-order valence-electron chi connectivity index (χ3n) is 7.40. The van der Waals surface area contributed by atoms with Gasteiger partial charge in [0, 0.05) is 18.5 Å². The number of thioether (sulfide) groups is 1. The molecule has 0 aliphatic carbocycles. The van der Waals surface area contributed by atoms with E-state index in [2.05, 4.69) is 0 Å². The largest absolute Gasteiger partial charge is 0.396 e. The molecule has 0 aromatic carbocycles. The van der Waals surface area contributed by atoms with Crippen LogP contribution >= 0.6 is 11.8 Å². The summed E-state index contributed by atoms with van der Waals surface area (Å²) in [7, 11) is -3.00. The fourth-order valence-corrected chi connectivity index (χ4v) is 10.7. The second-order valence-corrected chi connectivity index (χ2v) is 14.3. The van der Waals surface area contributed by atoms with Crippen molar-refractivity contribution in [1.82, 2.24) is 0 Å². The third-order valence-corrected chi connectivity index (χ3v) is 12.8. The molecular formula is C25H48O4S2. The first-order chi connectivity index (χ1) is 15.1. The summed E-state index contributed by atoms with van der Waals surface area (Å²) in [5.74, 6) is 0. The van der Waals surface area contributed by atoms with Gasteiger partial charge in [-0.3, -0.25) is 0 Å². The molecule has 0 aromatic heterocycles. The van der Waals surface area contributed by atoms with Gasteiger partial charge < -0.3 is 10.2 Å². The summed E-state index contributed by atoms with van der Waals surface area (Å²) in [4.78, 5) is 0. The number of aliphatic hydroxyl groups excluding tert-OH is 2. The summed E-state index contributed by atoms with van der Waals surface area (Å²) < 4.78 is 26.2. The van der Waals surface area contributed by atoms with Gasteiger partial charge in [-0.2, -0.15) is 0 Å². The Balaban J connectivity index is 1.60. The second kappa shape index (κ2) is 15.2. The van der Waals surface area contributed by atoms with Crippen molar-refractivity contribution in [2.24, 2.45) is 0 Å². The lowest BCUT2D eigenvalue weighted by molar-refractivity contribution is 0.282. The molecule has 2 aliphatic rings. The average Bonchev–Trinajstić information content (AvgIpc) is 3.28. The SMILES string of the molecule is O=S1(=O)C(CCCCCCCCCO)CCC12CCC(CCCCCCCCCO)S2. The molecule has 2 saturated heterocycles. The molecule has 2 rings (SSSR count). The number of hydrogen-bond acceptors (Lipinski definition) is 5. The van der Waals surface area contributed by atoms with E-state index >= 15 is 0 Å². The number of hydrogen-bond donors (Lipinski definition) is 2. The highest BCUT2D eigenvalue weighted by Crippen LogP contribution is 2.57. The molecule has 3 unspecified atom stereocenters. The van der Waals surface area contributed by atoms with E-state index in [1.165, 1.54) is 57.8 Å². The predicted octanol–water partition coefficient (Wildman–Crippen LogP) is 6.38. The molecule has 184 valence electrons. The number of unbranched alkanes of at least 4 members (excludes halogenated alkanes) is 12. The first-order valence-electron chi connectivity index (χ1n) is 13.2. The normalized spacial score (nSPS) is 27.4. The van der Waals surface area contributed by atoms with E-state index in [9.17, 15) is 8.42 Å². The maximum absolute atomic E-state index is 13.3. The van der Waals surface area contributed by atoms with Gasteiger partial charge in [0.1, 0.15) is 4.08 Å². The van der Waals surface area contributed by atoms with E-state index in [0.717, 1.165) is 70.6 Å². The van der Waals surface area contributed by atoms with Gasteiger partial charge in [0.15, 0.2) is 9.84 Å². The number of aliphatic hydroxyl groups is 2. The fraction of sp³-hybridized carbons (Fsp3) is 1.00. The van der Waals surface area contributed by atoms with Crippen molar-refractivity contribution >= 4 is 21.6 Å². The summed E-state index contributed by atoms with van der Waals surface area (Å²) in [6.07, 6.45) is 21.9. The van der Waals surface area contributed by atoms with Gasteiger partial charge in [0.05, 0.1) is 5.25 Å². The van der Waals surface area contributed by atoms with E-state index in [-0.39, 0.29) is 5.25 Å². The molecule has 2 fully saturated rings. The predicted molar refractivity (Wildman–Crippen MR) is 133 cm³/mol. The monoisotopic (exact) mass is 476 g/mol. The maximum atomic E-state index is 13.3. The zero-order chi connectivity index (χ0) is 22.4. The molecule has 4 nitrogen and oxygen atoms in total. The van der Waals surface area contributed by atoms with E-state index in [0.29, 0.717) is 18.5 Å². The average molecular weight is 477 g/mol. The number of sulfone groups is 1. The second-order valence-electron chi connectivity index (χ2n) is 9.87. The molecule has 1 spiro atoms. The maximum Gasteiger partial charge on any atom is 0.168 e. The van der Waals surface area contributed by atoms with E-state index < -0.39 is 13.9 Å². The summed E-state index contributed by atoms with van der Waals surface area (Å²) in [5, 5.41) is 18.1. The zero-order valence-corrected chi connectivity index (χ0v) is 21.4. The van der Waals surface area contributed by atoms with Crippen LogP contribution in [0.2, 0.25) is 0 Å². The zero-order valence-electron chi connectivity index (χ0n) is 19.7. The van der Waals surface area contributed by atoms with Crippen LogP contribution in [0.4, 0.5) is 0 Å².